The Kier molecular flexibility index (Phi) is 6.94. The van der Waals surface area contributed by atoms with Gasteiger partial charge in [0.25, 0.3) is 0 Å². The molecule has 2 aromatic rings. The van der Waals surface area contributed by atoms with Gasteiger partial charge in [0.15, 0.2) is 11.6 Å². The number of carboxylic acids is 1. The van der Waals surface area contributed by atoms with Crippen molar-refractivity contribution < 1.29 is 18.7 Å². The maximum absolute atomic E-state index is 15.5. The molecule has 2 aliphatic rings. The molecule has 1 saturated heterocycles. The van der Waals surface area contributed by atoms with Gasteiger partial charge in [-0.05, 0) is 12.8 Å². The summed E-state index contributed by atoms with van der Waals surface area (Å²) in [5.41, 5.74) is -0.117. The van der Waals surface area contributed by atoms with Crippen molar-refractivity contribution in [3.8, 4) is 0 Å². The number of nitrogens with zero attached hydrogens (tertiary/aromatic N) is 2. The van der Waals surface area contributed by atoms with Crippen molar-refractivity contribution in [3.63, 3.8) is 0 Å². The fourth-order valence-corrected chi connectivity index (χ4v) is 3.62. The Balaban J connectivity index is 0.00000150. The minimum Gasteiger partial charge on any atom is -0.477 e. The van der Waals surface area contributed by atoms with Gasteiger partial charge >= 0.3 is 5.97 Å². The van der Waals surface area contributed by atoms with Crippen LogP contribution in [-0.2, 0) is 0 Å². The molecule has 12 heteroatoms. The molecule has 29 heavy (non-hydrogen) atoms. The Morgan fingerprint density at radius 3 is 2.34 bits per heavy atom. The number of benzene rings is 1. The Morgan fingerprint density at radius 1 is 1.21 bits per heavy atom. The normalized spacial score (nSPS) is 16.2. The first-order valence-corrected chi connectivity index (χ1v) is 8.71. The number of rotatable bonds is 4. The van der Waals surface area contributed by atoms with Crippen LogP contribution in [0.1, 0.15) is 29.2 Å². The molecule has 0 spiro atoms. The maximum Gasteiger partial charge on any atom is 0.341 e. The smallest absolute Gasteiger partial charge is 0.341 e. The summed E-state index contributed by atoms with van der Waals surface area (Å²) in [6.45, 7) is 1.92. The highest BCUT2D eigenvalue weighted by atomic mass is 35.5. The molecule has 1 aliphatic heterocycles. The number of hydrazine groups is 1. The Labute approximate surface area is 176 Å². The second kappa shape index (κ2) is 8.70. The van der Waals surface area contributed by atoms with Crippen molar-refractivity contribution in [3.05, 3.63) is 33.6 Å². The van der Waals surface area contributed by atoms with E-state index in [1.807, 2.05) is 0 Å². The van der Waals surface area contributed by atoms with Crippen LogP contribution in [0.4, 0.5) is 20.2 Å². The summed E-state index contributed by atoms with van der Waals surface area (Å²) in [5, 5.41) is 12.1. The van der Waals surface area contributed by atoms with Crippen molar-refractivity contribution in [2.75, 3.05) is 36.5 Å². The lowest BCUT2D eigenvalue weighted by atomic mass is 10.1. The molecule has 0 radical (unpaired) electrons. The Bertz CT molecular complexity index is 1010. The standard InChI is InChI=1S/C17H19F2N5O3.2ClH/c18-11-13(22-20)10-14(12(19)15(11)23-5-3-21-4-6-23)24(8-1-2-8)7-9(16(10)25)17(26)27;;/h7-8,21-22H,1-6,20H2,(H,26,27);2*1H. The SMILES string of the molecule is Cl.Cl.NNc1c(F)c(N2CCNCC2)c(F)c2c1c(=O)c(C(=O)O)cn2C1CC1. The van der Waals surface area contributed by atoms with E-state index in [2.05, 4.69) is 10.7 Å². The molecule has 2 heterocycles. The molecule has 1 aromatic heterocycles. The number of nitrogen functional groups attached to an aromatic ring is 1. The predicted octanol–water partition coefficient (Wildman–Crippen LogP) is 1.85. The van der Waals surface area contributed by atoms with Gasteiger partial charge < -0.3 is 25.3 Å². The van der Waals surface area contributed by atoms with Crippen LogP contribution in [0, 0.1) is 11.6 Å². The minimum absolute atomic E-state index is 0. The Hall–Kier alpha value is -2.14. The molecular formula is C17H21Cl2F2N5O3. The van der Waals surface area contributed by atoms with Gasteiger partial charge in [-0.1, -0.05) is 0 Å². The van der Waals surface area contributed by atoms with Crippen molar-refractivity contribution in [2.45, 2.75) is 18.9 Å². The van der Waals surface area contributed by atoms with Crippen LogP contribution in [0.3, 0.4) is 0 Å². The number of pyridine rings is 1. The molecule has 0 unspecified atom stereocenters. The van der Waals surface area contributed by atoms with E-state index in [0.717, 1.165) is 19.0 Å². The number of hydrogen-bond donors (Lipinski definition) is 4. The Morgan fingerprint density at radius 2 is 1.83 bits per heavy atom. The van der Waals surface area contributed by atoms with Gasteiger partial charge in [-0.15, -0.1) is 24.8 Å². The number of aromatic carboxylic acids is 1. The van der Waals surface area contributed by atoms with Gasteiger partial charge in [-0.2, -0.15) is 0 Å². The van der Waals surface area contributed by atoms with Gasteiger partial charge in [-0.3, -0.25) is 10.6 Å². The average molecular weight is 452 g/mol. The van der Waals surface area contributed by atoms with Crippen LogP contribution >= 0.6 is 24.8 Å². The quantitative estimate of drug-likeness (QED) is 0.414. The molecule has 4 rings (SSSR count). The number of nitrogens with one attached hydrogen (secondary N) is 2. The van der Waals surface area contributed by atoms with E-state index in [9.17, 15) is 14.7 Å². The number of halogens is 4. The van der Waals surface area contributed by atoms with Gasteiger partial charge in [0.05, 0.1) is 10.9 Å². The number of piperazine rings is 1. The number of aromatic nitrogens is 1. The molecule has 0 atom stereocenters. The third-order valence-corrected chi connectivity index (χ3v) is 5.08. The topological polar surface area (TPSA) is 113 Å². The van der Waals surface area contributed by atoms with Crippen molar-refractivity contribution >= 4 is 53.1 Å². The van der Waals surface area contributed by atoms with E-state index in [1.165, 1.54) is 4.57 Å². The van der Waals surface area contributed by atoms with E-state index in [0.29, 0.717) is 26.2 Å². The average Bonchev–Trinajstić information content (AvgIpc) is 3.48. The number of carboxylic acid groups (broad SMARTS) is 1. The van der Waals surface area contributed by atoms with Gasteiger partial charge in [-0.25, -0.2) is 13.6 Å². The summed E-state index contributed by atoms with van der Waals surface area (Å²) < 4.78 is 32.1. The van der Waals surface area contributed by atoms with Gasteiger partial charge in [0.1, 0.15) is 16.9 Å². The van der Waals surface area contributed by atoms with E-state index in [-0.39, 0.29) is 53.1 Å². The molecule has 0 bridgehead atoms. The van der Waals surface area contributed by atoms with E-state index >= 15 is 8.78 Å². The summed E-state index contributed by atoms with van der Waals surface area (Å²) in [5.74, 6) is 2.15. The zero-order valence-corrected chi connectivity index (χ0v) is 16.8. The fraction of sp³-hybridized carbons (Fsp3) is 0.412. The predicted molar refractivity (Wildman–Crippen MR) is 111 cm³/mol. The summed E-state index contributed by atoms with van der Waals surface area (Å²) >= 11 is 0. The molecule has 1 aliphatic carbocycles. The summed E-state index contributed by atoms with van der Waals surface area (Å²) in [6, 6.07) is -0.132. The number of carbonyl (C=O) groups is 1. The second-order valence-corrected chi connectivity index (χ2v) is 6.77. The number of fused-ring (bicyclic) bond motifs is 1. The third-order valence-electron chi connectivity index (χ3n) is 5.08. The summed E-state index contributed by atoms with van der Waals surface area (Å²) in [6.07, 6.45) is 2.60. The number of hydrogen-bond acceptors (Lipinski definition) is 6. The highest BCUT2D eigenvalue weighted by molar-refractivity contribution is 6.00. The second-order valence-electron chi connectivity index (χ2n) is 6.77. The van der Waals surface area contributed by atoms with Crippen LogP contribution in [0.2, 0.25) is 0 Å². The first kappa shape index (κ1) is 23.1. The van der Waals surface area contributed by atoms with Crippen LogP contribution in [0.15, 0.2) is 11.0 Å². The monoisotopic (exact) mass is 451 g/mol. The third kappa shape index (κ3) is 3.73. The van der Waals surface area contributed by atoms with E-state index in [1.54, 1.807) is 4.90 Å². The molecular weight excluding hydrogens is 431 g/mol. The van der Waals surface area contributed by atoms with Crippen LogP contribution < -0.4 is 26.9 Å². The summed E-state index contributed by atoms with van der Waals surface area (Å²) in [4.78, 5) is 25.7. The zero-order valence-electron chi connectivity index (χ0n) is 15.2. The number of nitrogens with two attached hydrogens (primary N) is 1. The number of anilines is 2. The molecule has 8 nitrogen and oxygen atoms in total. The van der Waals surface area contributed by atoms with E-state index in [4.69, 9.17) is 5.84 Å². The lowest BCUT2D eigenvalue weighted by molar-refractivity contribution is 0.0695. The highest BCUT2D eigenvalue weighted by Gasteiger charge is 2.33. The zero-order chi connectivity index (χ0) is 19.3. The maximum atomic E-state index is 15.5. The molecule has 2 fully saturated rings. The van der Waals surface area contributed by atoms with Gasteiger partial charge in [0.2, 0.25) is 5.43 Å². The minimum atomic E-state index is -1.45. The molecule has 1 saturated carbocycles. The van der Waals surface area contributed by atoms with Crippen LogP contribution in [0.25, 0.3) is 10.9 Å². The van der Waals surface area contributed by atoms with Gasteiger partial charge in [0, 0.05) is 38.4 Å². The molecule has 1 aromatic carbocycles. The highest BCUT2D eigenvalue weighted by Crippen LogP contribution is 2.42. The first-order chi connectivity index (χ1) is 13.0. The van der Waals surface area contributed by atoms with Crippen molar-refractivity contribution in [1.82, 2.24) is 9.88 Å². The van der Waals surface area contributed by atoms with E-state index < -0.39 is 28.6 Å². The van der Waals surface area contributed by atoms with Crippen molar-refractivity contribution in [2.24, 2.45) is 5.84 Å². The molecule has 5 N–H and O–H groups in total. The molecule has 0 amide bonds. The largest absolute Gasteiger partial charge is 0.477 e. The van der Waals surface area contributed by atoms with Crippen LogP contribution in [0.5, 0.6) is 0 Å². The summed E-state index contributed by atoms with van der Waals surface area (Å²) in [7, 11) is 0. The lowest BCUT2D eigenvalue weighted by Gasteiger charge is -2.31. The molecule has 160 valence electrons. The lowest BCUT2D eigenvalue weighted by Crippen LogP contribution is -2.44. The van der Waals surface area contributed by atoms with Crippen molar-refractivity contribution in [1.29, 1.82) is 0 Å². The first-order valence-electron chi connectivity index (χ1n) is 8.71. The fourth-order valence-electron chi connectivity index (χ4n) is 3.62. The van der Waals surface area contributed by atoms with Crippen LogP contribution in [-0.4, -0.2) is 41.8 Å².